The Morgan fingerprint density at radius 2 is 0.740 bits per heavy atom. The van der Waals surface area contributed by atoms with Crippen LogP contribution in [0.15, 0.2) is 146 Å². The van der Waals surface area contributed by atoms with Crippen LogP contribution in [0, 0.1) is 0 Å². The first kappa shape index (κ1) is 30.9. The lowest BCUT2D eigenvalue weighted by Crippen LogP contribution is -2.23. The minimum atomic E-state index is -2.97. The Morgan fingerprint density at radius 1 is 0.380 bits per heavy atom. The summed E-state index contributed by atoms with van der Waals surface area (Å²) in [6.45, 7) is 0. The molecule has 242 valence electrons. The predicted molar refractivity (Wildman–Crippen MR) is 194 cm³/mol. The standard InChI is InChI=1S/C42H29N3O5/c46-33-19-21-37-30(23-33)3-1-5-35(37)25-7-11-27(12-8-25)39-43-40(45-41(44-39)29-15-17-32(18-16-29)42(48,49)50)28-13-9-26(10-14-28)36-6-2-4-31-24-34(47)20-22-38(31)36/h1-24,46-50H. The second-order valence-corrected chi connectivity index (χ2v) is 12.1. The Balaban J connectivity index is 1.20. The summed E-state index contributed by atoms with van der Waals surface area (Å²) in [6, 6.07) is 44.5. The fourth-order valence-corrected chi connectivity index (χ4v) is 6.25. The van der Waals surface area contributed by atoms with Crippen LogP contribution in [0.2, 0.25) is 0 Å². The number of fused-ring (bicyclic) bond motifs is 2. The maximum atomic E-state index is 9.97. The number of phenols is 2. The molecule has 8 aromatic rings. The maximum Gasteiger partial charge on any atom is 0.304 e. The third kappa shape index (κ3) is 5.91. The monoisotopic (exact) mass is 655 g/mol. The van der Waals surface area contributed by atoms with Crippen LogP contribution in [0.1, 0.15) is 5.56 Å². The number of benzene rings is 7. The van der Waals surface area contributed by atoms with Gasteiger partial charge in [-0.2, -0.15) is 0 Å². The Kier molecular flexibility index (Phi) is 7.54. The molecule has 0 saturated heterocycles. The number of aliphatic hydroxyl groups is 3. The summed E-state index contributed by atoms with van der Waals surface area (Å²) in [7, 11) is 0. The average Bonchev–Trinajstić information content (AvgIpc) is 3.14. The van der Waals surface area contributed by atoms with E-state index in [2.05, 4.69) is 0 Å². The second kappa shape index (κ2) is 12.2. The largest absolute Gasteiger partial charge is 0.508 e. The third-order valence-electron chi connectivity index (χ3n) is 8.80. The highest BCUT2D eigenvalue weighted by atomic mass is 16.7. The molecule has 0 aliphatic rings. The van der Waals surface area contributed by atoms with E-state index in [9.17, 15) is 25.5 Å². The van der Waals surface area contributed by atoms with Crippen LogP contribution in [0.4, 0.5) is 0 Å². The van der Waals surface area contributed by atoms with Gasteiger partial charge in [-0.15, -0.1) is 0 Å². The van der Waals surface area contributed by atoms with Gasteiger partial charge in [0.15, 0.2) is 17.5 Å². The van der Waals surface area contributed by atoms with Gasteiger partial charge in [0.05, 0.1) is 0 Å². The molecule has 5 N–H and O–H groups in total. The van der Waals surface area contributed by atoms with E-state index < -0.39 is 5.97 Å². The summed E-state index contributed by atoms with van der Waals surface area (Å²) in [5, 5.41) is 52.8. The van der Waals surface area contributed by atoms with Crippen molar-refractivity contribution in [1.29, 1.82) is 0 Å². The van der Waals surface area contributed by atoms with Crippen LogP contribution in [0.25, 0.3) is 78.0 Å². The van der Waals surface area contributed by atoms with Gasteiger partial charge >= 0.3 is 5.97 Å². The molecule has 1 heterocycles. The Labute approximate surface area is 286 Å². The lowest BCUT2D eigenvalue weighted by Gasteiger charge is -2.14. The summed E-state index contributed by atoms with van der Waals surface area (Å²) >= 11 is 0. The summed E-state index contributed by atoms with van der Waals surface area (Å²) in [4.78, 5) is 14.5. The zero-order chi connectivity index (χ0) is 34.4. The van der Waals surface area contributed by atoms with Gasteiger partial charge in [-0.1, -0.05) is 121 Å². The van der Waals surface area contributed by atoms with Crippen LogP contribution in [0.3, 0.4) is 0 Å². The van der Waals surface area contributed by atoms with Gasteiger partial charge in [-0.3, -0.25) is 0 Å². The van der Waals surface area contributed by atoms with Crippen molar-refractivity contribution < 1.29 is 25.5 Å². The van der Waals surface area contributed by atoms with Crippen molar-refractivity contribution in [3.05, 3.63) is 151 Å². The van der Waals surface area contributed by atoms with Gasteiger partial charge in [0.2, 0.25) is 0 Å². The van der Waals surface area contributed by atoms with E-state index in [1.165, 1.54) is 12.1 Å². The first-order chi connectivity index (χ1) is 24.2. The summed E-state index contributed by atoms with van der Waals surface area (Å²) in [5.74, 6) is -1.27. The number of hydrogen-bond donors (Lipinski definition) is 5. The topological polar surface area (TPSA) is 140 Å². The molecular weight excluding hydrogens is 626 g/mol. The molecule has 8 rings (SSSR count). The molecule has 0 amide bonds. The lowest BCUT2D eigenvalue weighted by molar-refractivity contribution is -0.323. The lowest BCUT2D eigenvalue weighted by atomic mass is 9.97. The van der Waals surface area contributed by atoms with Crippen molar-refractivity contribution in [3.63, 3.8) is 0 Å². The number of rotatable bonds is 6. The molecule has 8 nitrogen and oxygen atoms in total. The smallest absolute Gasteiger partial charge is 0.304 e. The fraction of sp³-hybridized carbons (Fsp3) is 0.0238. The number of hydrogen-bond acceptors (Lipinski definition) is 8. The first-order valence-electron chi connectivity index (χ1n) is 15.9. The van der Waals surface area contributed by atoms with Crippen LogP contribution < -0.4 is 0 Å². The van der Waals surface area contributed by atoms with E-state index in [0.29, 0.717) is 23.0 Å². The summed E-state index contributed by atoms with van der Waals surface area (Å²) in [5.41, 5.74) is 6.09. The highest BCUT2D eigenvalue weighted by molar-refractivity contribution is 5.98. The van der Waals surface area contributed by atoms with Gasteiger partial charge in [0.25, 0.3) is 0 Å². The normalized spacial score (nSPS) is 11.7. The fourth-order valence-electron chi connectivity index (χ4n) is 6.25. The van der Waals surface area contributed by atoms with E-state index >= 15 is 0 Å². The third-order valence-corrected chi connectivity index (χ3v) is 8.80. The van der Waals surface area contributed by atoms with Crippen molar-refractivity contribution in [1.82, 2.24) is 15.0 Å². The number of nitrogens with zero attached hydrogens (tertiary/aromatic N) is 3. The molecule has 50 heavy (non-hydrogen) atoms. The van der Waals surface area contributed by atoms with Crippen LogP contribution >= 0.6 is 0 Å². The number of aromatic hydroxyl groups is 2. The van der Waals surface area contributed by atoms with E-state index in [4.69, 9.17) is 15.0 Å². The van der Waals surface area contributed by atoms with Crippen molar-refractivity contribution in [2.75, 3.05) is 0 Å². The SMILES string of the molecule is Oc1ccc2c(-c3ccc(-c4nc(-c5ccc(-c6cccc7cc(O)ccc67)cc5)nc(-c5ccc(C(O)(O)O)cc5)n4)cc3)cccc2c1. The minimum absolute atomic E-state index is 0.0887. The molecular formula is C42H29N3O5. The molecule has 0 fully saturated rings. The molecule has 0 bridgehead atoms. The van der Waals surface area contributed by atoms with E-state index in [-0.39, 0.29) is 17.1 Å². The van der Waals surface area contributed by atoms with Crippen LogP contribution in [0.5, 0.6) is 11.5 Å². The number of aromatic nitrogens is 3. The second-order valence-electron chi connectivity index (χ2n) is 12.1. The summed E-state index contributed by atoms with van der Waals surface area (Å²) < 4.78 is 0. The number of phenolic OH excluding ortho intramolecular Hbond substituents is 2. The zero-order valence-electron chi connectivity index (χ0n) is 26.4. The Morgan fingerprint density at radius 3 is 1.12 bits per heavy atom. The highest BCUT2D eigenvalue weighted by Gasteiger charge is 2.22. The van der Waals surface area contributed by atoms with E-state index in [1.807, 2.05) is 97.1 Å². The van der Waals surface area contributed by atoms with Gasteiger partial charge in [-0.25, -0.2) is 15.0 Å². The van der Waals surface area contributed by atoms with Crippen LogP contribution in [-0.4, -0.2) is 40.5 Å². The Bertz CT molecular complexity index is 2380. The molecule has 8 heteroatoms. The zero-order valence-corrected chi connectivity index (χ0v) is 26.4. The molecule has 0 saturated carbocycles. The average molecular weight is 656 g/mol. The molecule has 0 atom stereocenters. The van der Waals surface area contributed by atoms with E-state index in [1.54, 1.807) is 36.4 Å². The highest BCUT2D eigenvalue weighted by Crippen LogP contribution is 2.34. The molecule has 7 aromatic carbocycles. The van der Waals surface area contributed by atoms with Crippen molar-refractivity contribution in [2.45, 2.75) is 5.97 Å². The van der Waals surface area contributed by atoms with Crippen LogP contribution in [-0.2, 0) is 5.97 Å². The maximum absolute atomic E-state index is 9.97. The first-order valence-corrected chi connectivity index (χ1v) is 15.9. The molecule has 0 unspecified atom stereocenters. The van der Waals surface area contributed by atoms with Gasteiger partial charge in [-0.05, 0) is 68.1 Å². The predicted octanol–water partition coefficient (Wildman–Crippen LogP) is 8.01. The van der Waals surface area contributed by atoms with Gasteiger partial charge < -0.3 is 25.5 Å². The molecule has 0 radical (unpaired) electrons. The summed E-state index contributed by atoms with van der Waals surface area (Å²) in [6.07, 6.45) is 0. The van der Waals surface area contributed by atoms with Gasteiger partial charge in [0, 0.05) is 22.3 Å². The van der Waals surface area contributed by atoms with E-state index in [0.717, 1.165) is 54.9 Å². The Hall–Kier alpha value is -6.45. The van der Waals surface area contributed by atoms with Crippen molar-refractivity contribution in [3.8, 4) is 67.9 Å². The van der Waals surface area contributed by atoms with Crippen molar-refractivity contribution in [2.24, 2.45) is 0 Å². The minimum Gasteiger partial charge on any atom is -0.508 e. The molecule has 0 aliphatic heterocycles. The quantitative estimate of drug-likeness (QED) is 0.114. The molecule has 0 spiro atoms. The molecule has 1 aromatic heterocycles. The van der Waals surface area contributed by atoms with Crippen molar-refractivity contribution >= 4 is 21.5 Å². The van der Waals surface area contributed by atoms with Gasteiger partial charge in [0.1, 0.15) is 11.5 Å². The molecule has 0 aliphatic carbocycles.